The first kappa shape index (κ1) is 19.2. The van der Waals surface area contributed by atoms with Crippen LogP contribution in [0.5, 0.6) is 0 Å². The third-order valence-electron chi connectivity index (χ3n) is 6.34. The zero-order valence-corrected chi connectivity index (χ0v) is 18.6. The molecule has 3 aromatic rings. The summed E-state index contributed by atoms with van der Waals surface area (Å²) in [7, 11) is -1.77. The van der Waals surface area contributed by atoms with Crippen molar-refractivity contribution in [3.63, 3.8) is 0 Å². The van der Waals surface area contributed by atoms with Gasteiger partial charge in [-0.25, -0.2) is 9.78 Å². The molecule has 1 N–H and O–H groups in total. The molecular formula is C23H24N2O4Si. The Labute approximate surface area is 175 Å². The quantitative estimate of drug-likeness (QED) is 0.398. The van der Waals surface area contributed by atoms with Crippen molar-refractivity contribution < 1.29 is 14.6 Å². The maximum absolute atomic E-state index is 13.4. The number of pyridine rings is 2. The van der Waals surface area contributed by atoms with Crippen LogP contribution in [0.1, 0.15) is 30.0 Å². The van der Waals surface area contributed by atoms with E-state index in [1.165, 1.54) is 5.19 Å². The number of fused-ring (bicyclic) bond motifs is 5. The molecule has 30 heavy (non-hydrogen) atoms. The van der Waals surface area contributed by atoms with Crippen molar-refractivity contribution in [3.8, 4) is 11.4 Å². The number of hydrogen-bond acceptors (Lipinski definition) is 5. The second-order valence-corrected chi connectivity index (χ2v) is 14.2. The molecule has 1 unspecified atom stereocenters. The molecule has 0 saturated heterocycles. The van der Waals surface area contributed by atoms with Gasteiger partial charge in [0.1, 0.15) is 6.61 Å². The summed E-state index contributed by atoms with van der Waals surface area (Å²) in [6.07, 6.45) is 0.139. The Morgan fingerprint density at radius 1 is 1.20 bits per heavy atom. The van der Waals surface area contributed by atoms with Crippen LogP contribution in [0.4, 0.5) is 0 Å². The van der Waals surface area contributed by atoms with Gasteiger partial charge in [0.05, 0.1) is 37.1 Å². The standard InChI is InChI=1S/C23H24N2O4Si/c1-5-23(28)16-10-18-19-14(11-25(18)21(26)15(16)12-29-22(23)27)20(30(2,3)4)13-8-6-7-9-17(13)24-19/h6-10,28H,5,11-12H2,1-4H3. The van der Waals surface area contributed by atoms with Crippen LogP contribution in [0.15, 0.2) is 35.1 Å². The Hall–Kier alpha value is -2.77. The van der Waals surface area contributed by atoms with Crippen LogP contribution in [-0.4, -0.2) is 28.7 Å². The minimum absolute atomic E-state index is 0.109. The Bertz CT molecular complexity index is 1310. The third kappa shape index (κ3) is 2.42. The molecule has 154 valence electrons. The highest BCUT2D eigenvalue weighted by atomic mass is 28.3. The molecule has 7 heteroatoms. The summed E-state index contributed by atoms with van der Waals surface area (Å²) in [5, 5.41) is 13.5. The Morgan fingerprint density at radius 2 is 1.93 bits per heavy atom. The van der Waals surface area contributed by atoms with Gasteiger partial charge >= 0.3 is 5.97 Å². The van der Waals surface area contributed by atoms with Gasteiger partial charge in [-0.15, -0.1) is 0 Å². The SMILES string of the molecule is CCC1(O)C(=O)OCc2c1cc1n(c2=O)Cc2c-1nc1ccccc1c2[Si](C)(C)C. The van der Waals surface area contributed by atoms with Gasteiger partial charge in [0.15, 0.2) is 5.60 Å². The summed E-state index contributed by atoms with van der Waals surface area (Å²) in [5.41, 5.74) is 2.12. The molecule has 2 aliphatic heterocycles. The topological polar surface area (TPSA) is 81.4 Å². The van der Waals surface area contributed by atoms with Crippen molar-refractivity contribution in [2.45, 2.75) is 51.7 Å². The molecule has 0 saturated carbocycles. The Kier molecular flexibility index (Phi) is 3.92. The second kappa shape index (κ2) is 6.12. The molecule has 2 aliphatic rings. The predicted octanol–water partition coefficient (Wildman–Crippen LogP) is 2.62. The monoisotopic (exact) mass is 420 g/mol. The number of benzene rings is 1. The zero-order chi connectivity index (χ0) is 21.4. The highest BCUT2D eigenvalue weighted by molar-refractivity contribution is 6.90. The van der Waals surface area contributed by atoms with Gasteiger partial charge in [-0.2, -0.15) is 0 Å². The van der Waals surface area contributed by atoms with E-state index in [1.807, 2.05) is 18.2 Å². The number of carbonyl (C=O) groups excluding carboxylic acids is 1. The van der Waals surface area contributed by atoms with Gasteiger partial charge in [-0.3, -0.25) is 4.79 Å². The smallest absolute Gasteiger partial charge is 0.343 e. The van der Waals surface area contributed by atoms with Gasteiger partial charge in [-0.05, 0) is 34.7 Å². The van der Waals surface area contributed by atoms with Crippen LogP contribution >= 0.6 is 0 Å². The maximum Gasteiger partial charge on any atom is 0.343 e. The van der Waals surface area contributed by atoms with E-state index in [0.717, 1.165) is 22.2 Å². The largest absolute Gasteiger partial charge is 0.458 e. The molecule has 5 rings (SSSR count). The van der Waals surface area contributed by atoms with E-state index in [9.17, 15) is 14.7 Å². The molecule has 0 amide bonds. The van der Waals surface area contributed by atoms with E-state index >= 15 is 0 Å². The summed E-state index contributed by atoms with van der Waals surface area (Å²) in [5.74, 6) is -0.700. The lowest BCUT2D eigenvalue weighted by Crippen LogP contribution is -2.44. The molecule has 0 fully saturated rings. The number of nitrogens with zero attached hydrogens (tertiary/aromatic N) is 2. The van der Waals surface area contributed by atoms with Crippen molar-refractivity contribution in [2.75, 3.05) is 0 Å². The number of aromatic nitrogens is 2. The van der Waals surface area contributed by atoms with Crippen molar-refractivity contribution in [1.29, 1.82) is 0 Å². The lowest BCUT2D eigenvalue weighted by atomic mass is 9.86. The fraction of sp³-hybridized carbons (Fsp3) is 0.348. The second-order valence-electron chi connectivity index (χ2n) is 9.18. The number of carbonyl (C=O) groups is 1. The van der Waals surface area contributed by atoms with Gasteiger partial charge in [0.2, 0.25) is 0 Å². The molecular weight excluding hydrogens is 396 g/mol. The van der Waals surface area contributed by atoms with Gasteiger partial charge in [-0.1, -0.05) is 44.8 Å². The summed E-state index contributed by atoms with van der Waals surface area (Å²) in [6, 6.07) is 9.88. The summed E-state index contributed by atoms with van der Waals surface area (Å²) in [6.45, 7) is 8.95. The van der Waals surface area contributed by atoms with E-state index in [0.29, 0.717) is 23.4 Å². The van der Waals surface area contributed by atoms with Gasteiger partial charge in [0, 0.05) is 5.56 Å². The maximum atomic E-state index is 13.4. The van der Waals surface area contributed by atoms with Crippen molar-refractivity contribution in [2.24, 2.45) is 0 Å². The summed E-state index contributed by atoms with van der Waals surface area (Å²) < 4.78 is 6.88. The van der Waals surface area contributed by atoms with Crippen molar-refractivity contribution >= 4 is 30.1 Å². The fourth-order valence-corrected chi connectivity index (χ4v) is 7.01. The first-order valence-corrected chi connectivity index (χ1v) is 13.8. The van der Waals surface area contributed by atoms with Crippen LogP contribution in [0.3, 0.4) is 0 Å². The normalized spacial score (nSPS) is 20.0. The highest BCUT2D eigenvalue weighted by Crippen LogP contribution is 2.38. The number of para-hydroxylation sites is 1. The zero-order valence-electron chi connectivity index (χ0n) is 17.6. The van der Waals surface area contributed by atoms with Crippen LogP contribution in [0.2, 0.25) is 19.6 Å². The van der Waals surface area contributed by atoms with E-state index in [-0.39, 0.29) is 18.6 Å². The molecule has 0 spiro atoms. The lowest BCUT2D eigenvalue weighted by Gasteiger charge is -2.31. The Morgan fingerprint density at radius 3 is 2.63 bits per heavy atom. The Balaban J connectivity index is 1.87. The number of aliphatic hydroxyl groups is 1. The number of ether oxygens (including phenoxy) is 1. The minimum atomic E-state index is -1.80. The number of rotatable bonds is 2. The van der Waals surface area contributed by atoms with E-state index in [1.54, 1.807) is 17.6 Å². The summed E-state index contributed by atoms with van der Waals surface area (Å²) >= 11 is 0. The molecule has 1 atom stereocenters. The van der Waals surface area contributed by atoms with Gasteiger partial charge in [0.25, 0.3) is 5.56 Å². The average molecular weight is 421 g/mol. The molecule has 6 nitrogen and oxygen atoms in total. The van der Waals surface area contributed by atoms with Crippen LogP contribution in [0.25, 0.3) is 22.3 Å². The molecule has 2 aromatic heterocycles. The number of cyclic esters (lactones) is 1. The van der Waals surface area contributed by atoms with Crippen LogP contribution < -0.4 is 10.7 Å². The average Bonchev–Trinajstić information content (AvgIpc) is 3.06. The van der Waals surface area contributed by atoms with Crippen LogP contribution in [-0.2, 0) is 28.3 Å². The van der Waals surface area contributed by atoms with Crippen molar-refractivity contribution in [1.82, 2.24) is 9.55 Å². The van der Waals surface area contributed by atoms with Crippen molar-refractivity contribution in [3.05, 3.63) is 57.4 Å². The van der Waals surface area contributed by atoms with Crippen LogP contribution in [0, 0.1) is 0 Å². The highest BCUT2D eigenvalue weighted by Gasteiger charge is 2.45. The number of esters is 1. The molecule has 0 aliphatic carbocycles. The van der Waals surface area contributed by atoms with E-state index in [2.05, 4.69) is 25.7 Å². The van der Waals surface area contributed by atoms with E-state index in [4.69, 9.17) is 9.72 Å². The molecule has 0 radical (unpaired) electrons. The first-order valence-electron chi connectivity index (χ1n) is 10.3. The van der Waals surface area contributed by atoms with E-state index < -0.39 is 19.6 Å². The first-order chi connectivity index (χ1) is 14.2. The molecule has 4 heterocycles. The lowest BCUT2D eigenvalue weighted by molar-refractivity contribution is -0.172. The molecule has 1 aromatic carbocycles. The number of hydrogen-bond donors (Lipinski definition) is 1. The van der Waals surface area contributed by atoms with Gasteiger partial charge < -0.3 is 14.4 Å². The summed E-state index contributed by atoms with van der Waals surface area (Å²) in [4.78, 5) is 30.6. The minimum Gasteiger partial charge on any atom is -0.458 e. The predicted molar refractivity (Wildman–Crippen MR) is 118 cm³/mol. The third-order valence-corrected chi connectivity index (χ3v) is 8.42. The fourth-order valence-electron chi connectivity index (χ4n) is 4.88. The molecule has 0 bridgehead atoms.